The molecule has 3 aromatic rings. The number of halogens is 1. The fraction of sp³-hybridized carbons (Fsp3) is 0.158. The molecule has 0 aliphatic heterocycles. The summed E-state index contributed by atoms with van der Waals surface area (Å²) in [6.07, 6.45) is 0. The standard InChI is InChI=1S/C19H16ClNO4S/c1-12-7-14(20)4-6-16(12)25-19(22)13-3-5-17(18(8-13)23-2)24-9-15-10-26-11-21-15/h3-8,10-11H,9H2,1-2H3. The van der Waals surface area contributed by atoms with Crippen LogP contribution in [0.15, 0.2) is 47.3 Å². The number of benzene rings is 2. The van der Waals surface area contributed by atoms with Gasteiger partial charge in [-0.2, -0.15) is 0 Å². The first-order valence-corrected chi connectivity index (χ1v) is 9.05. The van der Waals surface area contributed by atoms with Crippen molar-refractivity contribution < 1.29 is 19.0 Å². The summed E-state index contributed by atoms with van der Waals surface area (Å²) in [6.45, 7) is 2.15. The zero-order valence-corrected chi connectivity index (χ0v) is 15.8. The molecule has 0 aliphatic rings. The Kier molecular flexibility index (Phi) is 5.75. The van der Waals surface area contributed by atoms with Crippen LogP contribution in [0.25, 0.3) is 0 Å². The first-order chi connectivity index (χ1) is 12.6. The quantitative estimate of drug-likeness (QED) is 0.442. The Labute approximate surface area is 160 Å². The fourth-order valence-electron chi connectivity index (χ4n) is 2.26. The van der Waals surface area contributed by atoms with Crippen LogP contribution in [0.5, 0.6) is 17.2 Å². The number of aryl methyl sites for hydroxylation is 1. The lowest BCUT2D eigenvalue weighted by atomic mass is 10.2. The number of methoxy groups -OCH3 is 1. The second-order valence-corrected chi connectivity index (χ2v) is 6.59. The third kappa shape index (κ3) is 4.33. The number of nitrogens with zero attached hydrogens (tertiary/aromatic N) is 1. The van der Waals surface area contributed by atoms with Gasteiger partial charge in [-0.1, -0.05) is 11.6 Å². The number of thiazole rings is 1. The molecule has 2 aromatic carbocycles. The lowest BCUT2D eigenvalue weighted by molar-refractivity contribution is 0.0733. The van der Waals surface area contributed by atoms with Crippen molar-refractivity contribution in [2.45, 2.75) is 13.5 Å². The van der Waals surface area contributed by atoms with Crippen molar-refractivity contribution in [2.75, 3.05) is 7.11 Å². The summed E-state index contributed by atoms with van der Waals surface area (Å²) in [4.78, 5) is 16.6. The molecule has 0 bridgehead atoms. The molecular formula is C19H16ClNO4S. The molecule has 0 saturated carbocycles. The van der Waals surface area contributed by atoms with E-state index in [1.807, 2.05) is 12.3 Å². The van der Waals surface area contributed by atoms with Crippen molar-refractivity contribution in [3.05, 3.63) is 69.1 Å². The molecule has 26 heavy (non-hydrogen) atoms. The normalized spacial score (nSPS) is 10.4. The van der Waals surface area contributed by atoms with Crippen molar-refractivity contribution in [1.29, 1.82) is 0 Å². The maximum absolute atomic E-state index is 12.4. The predicted octanol–water partition coefficient (Wildman–Crippen LogP) is 4.91. The van der Waals surface area contributed by atoms with Crippen LogP contribution >= 0.6 is 22.9 Å². The minimum Gasteiger partial charge on any atom is -0.493 e. The minimum atomic E-state index is -0.486. The molecular weight excluding hydrogens is 374 g/mol. The maximum atomic E-state index is 12.4. The summed E-state index contributed by atoms with van der Waals surface area (Å²) in [5.41, 5.74) is 3.71. The third-order valence-corrected chi connectivity index (χ3v) is 4.47. The Hall–Kier alpha value is -2.57. The number of hydrogen-bond acceptors (Lipinski definition) is 6. The van der Waals surface area contributed by atoms with Crippen molar-refractivity contribution in [2.24, 2.45) is 0 Å². The number of rotatable bonds is 6. The zero-order chi connectivity index (χ0) is 18.5. The number of carbonyl (C=O) groups excluding carboxylic acids is 1. The van der Waals surface area contributed by atoms with Gasteiger partial charge in [0, 0.05) is 10.4 Å². The highest BCUT2D eigenvalue weighted by atomic mass is 35.5. The van der Waals surface area contributed by atoms with E-state index in [0.717, 1.165) is 11.3 Å². The molecule has 5 nitrogen and oxygen atoms in total. The van der Waals surface area contributed by atoms with Gasteiger partial charge in [-0.3, -0.25) is 0 Å². The van der Waals surface area contributed by atoms with Crippen molar-refractivity contribution in [1.82, 2.24) is 4.98 Å². The van der Waals surface area contributed by atoms with Gasteiger partial charge < -0.3 is 14.2 Å². The zero-order valence-electron chi connectivity index (χ0n) is 14.2. The summed E-state index contributed by atoms with van der Waals surface area (Å²) in [5.74, 6) is 0.948. The first-order valence-electron chi connectivity index (χ1n) is 7.73. The average molecular weight is 390 g/mol. The Bertz CT molecular complexity index is 912. The van der Waals surface area contributed by atoms with Crippen LogP contribution in [0.3, 0.4) is 0 Å². The molecule has 0 saturated heterocycles. The summed E-state index contributed by atoms with van der Waals surface area (Å²) < 4.78 is 16.5. The summed E-state index contributed by atoms with van der Waals surface area (Å²) in [5, 5.41) is 2.50. The number of aromatic nitrogens is 1. The van der Waals surface area contributed by atoms with Gasteiger partial charge in [-0.15, -0.1) is 11.3 Å². The van der Waals surface area contributed by atoms with Gasteiger partial charge in [0.15, 0.2) is 11.5 Å². The van der Waals surface area contributed by atoms with E-state index < -0.39 is 5.97 Å². The predicted molar refractivity (Wildman–Crippen MR) is 101 cm³/mol. The van der Waals surface area contributed by atoms with E-state index in [1.54, 1.807) is 41.9 Å². The number of hydrogen-bond donors (Lipinski definition) is 0. The van der Waals surface area contributed by atoms with E-state index in [2.05, 4.69) is 4.98 Å². The van der Waals surface area contributed by atoms with Gasteiger partial charge in [0.1, 0.15) is 12.4 Å². The Balaban J connectivity index is 1.74. The van der Waals surface area contributed by atoms with Crippen LogP contribution in [0, 0.1) is 6.92 Å². The number of ether oxygens (including phenoxy) is 3. The Morgan fingerprint density at radius 2 is 1.96 bits per heavy atom. The van der Waals surface area contributed by atoms with Crippen LogP contribution in [0.1, 0.15) is 21.6 Å². The van der Waals surface area contributed by atoms with Gasteiger partial charge >= 0.3 is 5.97 Å². The van der Waals surface area contributed by atoms with E-state index in [-0.39, 0.29) is 0 Å². The molecule has 1 heterocycles. The van der Waals surface area contributed by atoms with E-state index in [0.29, 0.717) is 34.4 Å². The summed E-state index contributed by atoms with van der Waals surface area (Å²) >= 11 is 7.42. The lowest BCUT2D eigenvalue weighted by Gasteiger charge is -2.12. The molecule has 0 fully saturated rings. The number of carbonyl (C=O) groups is 1. The molecule has 1 aromatic heterocycles. The van der Waals surface area contributed by atoms with Gasteiger partial charge in [-0.25, -0.2) is 9.78 Å². The van der Waals surface area contributed by atoms with E-state index in [1.165, 1.54) is 18.4 Å². The average Bonchev–Trinajstić information content (AvgIpc) is 3.15. The molecule has 134 valence electrons. The molecule has 0 N–H and O–H groups in total. The molecule has 0 spiro atoms. The fourth-order valence-corrected chi connectivity index (χ4v) is 3.03. The van der Waals surface area contributed by atoms with Crippen LogP contribution < -0.4 is 14.2 Å². The molecule has 0 radical (unpaired) electrons. The van der Waals surface area contributed by atoms with E-state index >= 15 is 0 Å². The van der Waals surface area contributed by atoms with Gasteiger partial charge in [-0.05, 0) is 48.9 Å². The Morgan fingerprint density at radius 3 is 2.65 bits per heavy atom. The lowest BCUT2D eigenvalue weighted by Crippen LogP contribution is -2.10. The van der Waals surface area contributed by atoms with Crippen LogP contribution in [-0.2, 0) is 6.61 Å². The molecule has 0 atom stereocenters. The highest BCUT2D eigenvalue weighted by Crippen LogP contribution is 2.30. The van der Waals surface area contributed by atoms with Crippen LogP contribution in [0.2, 0.25) is 5.02 Å². The second kappa shape index (κ2) is 8.21. The molecule has 0 aliphatic carbocycles. The summed E-state index contributed by atoms with van der Waals surface area (Å²) in [6, 6.07) is 9.97. The molecule has 7 heteroatoms. The first kappa shape index (κ1) is 18.2. The van der Waals surface area contributed by atoms with Crippen LogP contribution in [0.4, 0.5) is 0 Å². The Morgan fingerprint density at radius 1 is 1.15 bits per heavy atom. The van der Waals surface area contributed by atoms with Gasteiger partial charge in [0.25, 0.3) is 0 Å². The minimum absolute atomic E-state index is 0.327. The van der Waals surface area contributed by atoms with E-state index in [4.69, 9.17) is 25.8 Å². The molecule has 3 rings (SSSR count). The topological polar surface area (TPSA) is 57.7 Å². The monoisotopic (exact) mass is 389 g/mol. The summed E-state index contributed by atoms with van der Waals surface area (Å²) in [7, 11) is 1.52. The van der Waals surface area contributed by atoms with Crippen molar-refractivity contribution in [3.8, 4) is 17.2 Å². The molecule has 0 amide bonds. The van der Waals surface area contributed by atoms with Crippen LogP contribution in [-0.4, -0.2) is 18.1 Å². The smallest absolute Gasteiger partial charge is 0.343 e. The highest BCUT2D eigenvalue weighted by molar-refractivity contribution is 7.07. The SMILES string of the molecule is COc1cc(C(=O)Oc2ccc(Cl)cc2C)ccc1OCc1cscn1. The largest absolute Gasteiger partial charge is 0.493 e. The van der Waals surface area contributed by atoms with Gasteiger partial charge in [0.2, 0.25) is 0 Å². The van der Waals surface area contributed by atoms with Crippen molar-refractivity contribution >= 4 is 28.9 Å². The van der Waals surface area contributed by atoms with Gasteiger partial charge in [0.05, 0.1) is 23.9 Å². The van der Waals surface area contributed by atoms with Crippen molar-refractivity contribution in [3.63, 3.8) is 0 Å². The number of esters is 1. The van der Waals surface area contributed by atoms with E-state index in [9.17, 15) is 4.79 Å². The third-order valence-electron chi connectivity index (χ3n) is 3.60. The highest BCUT2D eigenvalue weighted by Gasteiger charge is 2.14. The second-order valence-electron chi connectivity index (χ2n) is 5.43. The maximum Gasteiger partial charge on any atom is 0.343 e. The molecule has 0 unspecified atom stereocenters.